The predicted octanol–water partition coefficient (Wildman–Crippen LogP) is 3.62. The van der Waals surface area contributed by atoms with Gasteiger partial charge in [0.15, 0.2) is 0 Å². The molecule has 3 aromatic rings. The van der Waals surface area contributed by atoms with Gasteiger partial charge in [-0.3, -0.25) is 4.79 Å². The van der Waals surface area contributed by atoms with Crippen LogP contribution >= 0.6 is 11.3 Å². The van der Waals surface area contributed by atoms with Gasteiger partial charge < -0.3 is 11.1 Å². The van der Waals surface area contributed by atoms with Crippen molar-refractivity contribution in [2.75, 3.05) is 11.1 Å². The first kappa shape index (κ1) is 13.3. The molecule has 22 heavy (non-hydrogen) atoms. The Hall–Kier alpha value is -2.40. The van der Waals surface area contributed by atoms with Crippen LogP contribution in [0.4, 0.5) is 11.4 Å². The number of nitrogens with zero attached hydrogens (tertiary/aromatic N) is 1. The molecule has 1 amide bonds. The zero-order valence-corrected chi connectivity index (χ0v) is 12.7. The van der Waals surface area contributed by atoms with E-state index in [-0.39, 0.29) is 5.91 Å². The van der Waals surface area contributed by atoms with Gasteiger partial charge in [0, 0.05) is 16.8 Å². The number of aromatic nitrogens is 1. The molecule has 3 N–H and O–H groups in total. The predicted molar refractivity (Wildman–Crippen MR) is 90.5 cm³/mol. The first-order chi connectivity index (χ1) is 10.7. The minimum Gasteiger partial charge on any atom is -0.397 e. The fraction of sp³-hybridized carbons (Fsp3) is 0.176. The van der Waals surface area contributed by atoms with E-state index in [1.807, 2.05) is 30.3 Å². The average molecular weight is 309 g/mol. The third-order valence-corrected chi connectivity index (χ3v) is 5.10. The molecule has 0 saturated heterocycles. The quantitative estimate of drug-likeness (QED) is 0.759. The van der Waals surface area contributed by atoms with Crippen LogP contribution in [0.1, 0.15) is 27.3 Å². The molecule has 4 nitrogen and oxygen atoms in total. The molecule has 0 fully saturated rings. The van der Waals surface area contributed by atoms with Crippen LogP contribution in [-0.2, 0) is 12.8 Å². The lowest BCUT2D eigenvalue weighted by atomic mass is 10.1. The van der Waals surface area contributed by atoms with Crippen molar-refractivity contribution in [3.8, 4) is 0 Å². The van der Waals surface area contributed by atoms with E-state index in [2.05, 4.69) is 16.4 Å². The fourth-order valence-electron chi connectivity index (χ4n) is 2.88. The molecule has 2 aromatic heterocycles. The molecule has 2 heterocycles. The van der Waals surface area contributed by atoms with E-state index in [4.69, 9.17) is 5.73 Å². The molecule has 1 aromatic carbocycles. The largest absolute Gasteiger partial charge is 0.397 e. The fourth-order valence-corrected chi connectivity index (χ4v) is 3.87. The number of aryl methyl sites for hydroxylation is 2. The molecule has 0 bridgehead atoms. The number of amides is 1. The van der Waals surface area contributed by atoms with Crippen molar-refractivity contribution in [2.45, 2.75) is 19.3 Å². The number of carbonyl (C=O) groups is 1. The van der Waals surface area contributed by atoms with Crippen LogP contribution in [0.2, 0.25) is 0 Å². The lowest BCUT2D eigenvalue weighted by Gasteiger charge is -2.03. The van der Waals surface area contributed by atoms with Gasteiger partial charge in [-0.2, -0.15) is 0 Å². The van der Waals surface area contributed by atoms with Crippen molar-refractivity contribution >= 4 is 38.8 Å². The van der Waals surface area contributed by atoms with Crippen molar-refractivity contribution in [1.82, 2.24) is 4.98 Å². The lowest BCUT2D eigenvalue weighted by molar-refractivity contribution is 0.103. The van der Waals surface area contributed by atoms with Crippen molar-refractivity contribution in [1.29, 1.82) is 0 Å². The number of hydrogen-bond donors (Lipinski definition) is 2. The third-order valence-electron chi connectivity index (χ3n) is 3.99. The number of rotatable bonds is 2. The monoisotopic (exact) mass is 309 g/mol. The number of carbonyl (C=O) groups excluding carboxylic acids is 1. The smallest absolute Gasteiger partial charge is 0.267 e. The maximum atomic E-state index is 12.4. The number of nitrogens with two attached hydrogens (primary N) is 1. The Kier molecular flexibility index (Phi) is 3.08. The highest BCUT2D eigenvalue weighted by atomic mass is 32.1. The number of benzene rings is 1. The molecule has 1 aliphatic carbocycles. The highest BCUT2D eigenvalue weighted by Crippen LogP contribution is 2.36. The normalized spacial score (nSPS) is 13.3. The summed E-state index contributed by atoms with van der Waals surface area (Å²) in [6, 6.07) is 11.5. The van der Waals surface area contributed by atoms with E-state index in [9.17, 15) is 4.79 Å². The number of pyridine rings is 1. The van der Waals surface area contributed by atoms with Crippen LogP contribution in [0.15, 0.2) is 36.4 Å². The van der Waals surface area contributed by atoms with E-state index in [0.717, 1.165) is 40.9 Å². The minimum atomic E-state index is -0.174. The van der Waals surface area contributed by atoms with Crippen LogP contribution in [0.3, 0.4) is 0 Å². The van der Waals surface area contributed by atoms with Gasteiger partial charge in [0.25, 0.3) is 5.91 Å². The molecule has 0 aliphatic heterocycles. The zero-order valence-electron chi connectivity index (χ0n) is 11.9. The van der Waals surface area contributed by atoms with Crippen LogP contribution in [0.5, 0.6) is 0 Å². The van der Waals surface area contributed by atoms with Crippen molar-refractivity contribution < 1.29 is 4.79 Å². The van der Waals surface area contributed by atoms with Crippen molar-refractivity contribution in [3.05, 3.63) is 52.5 Å². The Labute approximate surface area is 132 Å². The van der Waals surface area contributed by atoms with Crippen LogP contribution in [0.25, 0.3) is 10.2 Å². The number of hydrogen-bond acceptors (Lipinski definition) is 4. The van der Waals surface area contributed by atoms with E-state index >= 15 is 0 Å². The summed E-state index contributed by atoms with van der Waals surface area (Å²) >= 11 is 1.37. The minimum absolute atomic E-state index is 0.174. The topological polar surface area (TPSA) is 68.0 Å². The van der Waals surface area contributed by atoms with Gasteiger partial charge in [0.1, 0.15) is 9.71 Å². The van der Waals surface area contributed by atoms with Gasteiger partial charge in [0.05, 0.1) is 5.69 Å². The number of thiophene rings is 1. The summed E-state index contributed by atoms with van der Waals surface area (Å²) in [5.41, 5.74) is 9.93. The Morgan fingerprint density at radius 3 is 2.86 bits per heavy atom. The van der Waals surface area contributed by atoms with Gasteiger partial charge in [-0.15, -0.1) is 11.3 Å². The molecule has 1 aliphatic rings. The SMILES string of the molecule is Nc1c(C(=O)Nc2ccccc2)sc2nc3c(cc12)CCC3. The summed E-state index contributed by atoms with van der Waals surface area (Å²) in [5, 5.41) is 3.79. The van der Waals surface area contributed by atoms with Crippen molar-refractivity contribution in [2.24, 2.45) is 0 Å². The molecule has 4 rings (SSSR count). The first-order valence-corrected chi connectivity index (χ1v) is 8.11. The first-order valence-electron chi connectivity index (χ1n) is 7.29. The van der Waals surface area contributed by atoms with Gasteiger partial charge in [0.2, 0.25) is 0 Å². The zero-order chi connectivity index (χ0) is 15.1. The second-order valence-electron chi connectivity index (χ2n) is 5.47. The Bertz CT molecular complexity index is 870. The molecule has 0 atom stereocenters. The second-order valence-corrected chi connectivity index (χ2v) is 6.46. The van der Waals surface area contributed by atoms with Crippen LogP contribution < -0.4 is 11.1 Å². The standard InChI is InChI=1S/C17H15N3OS/c18-14-12-9-10-5-4-8-13(10)20-17(12)22-15(14)16(21)19-11-6-2-1-3-7-11/h1-3,6-7,9H,4-5,8,18H2,(H,19,21). The summed E-state index contributed by atoms with van der Waals surface area (Å²) < 4.78 is 0. The maximum absolute atomic E-state index is 12.4. The molecule has 110 valence electrons. The number of anilines is 2. The highest BCUT2D eigenvalue weighted by Gasteiger charge is 2.21. The number of para-hydroxylation sites is 1. The summed E-state index contributed by atoms with van der Waals surface area (Å²) in [7, 11) is 0. The Morgan fingerprint density at radius 1 is 1.23 bits per heavy atom. The van der Waals surface area contributed by atoms with E-state index in [1.54, 1.807) is 0 Å². The molecule has 0 spiro atoms. The van der Waals surface area contributed by atoms with E-state index in [1.165, 1.54) is 16.9 Å². The maximum Gasteiger partial charge on any atom is 0.267 e. The van der Waals surface area contributed by atoms with Gasteiger partial charge in [-0.1, -0.05) is 18.2 Å². The molecule has 5 heteroatoms. The molecule has 0 unspecified atom stereocenters. The second kappa shape index (κ2) is 5.10. The van der Waals surface area contributed by atoms with E-state index < -0.39 is 0 Å². The number of fused-ring (bicyclic) bond motifs is 2. The summed E-state index contributed by atoms with van der Waals surface area (Å²) in [6.45, 7) is 0. The third kappa shape index (κ3) is 2.14. The van der Waals surface area contributed by atoms with Crippen molar-refractivity contribution in [3.63, 3.8) is 0 Å². The molecule has 0 radical (unpaired) electrons. The summed E-state index contributed by atoms with van der Waals surface area (Å²) in [4.78, 5) is 18.5. The van der Waals surface area contributed by atoms with Gasteiger partial charge in [-0.25, -0.2) is 4.98 Å². The van der Waals surface area contributed by atoms with Gasteiger partial charge >= 0.3 is 0 Å². The Morgan fingerprint density at radius 2 is 2.05 bits per heavy atom. The van der Waals surface area contributed by atoms with Crippen LogP contribution in [-0.4, -0.2) is 10.9 Å². The number of nitrogen functional groups attached to an aromatic ring is 1. The summed E-state index contributed by atoms with van der Waals surface area (Å²) in [5.74, 6) is -0.174. The van der Waals surface area contributed by atoms with Gasteiger partial charge in [-0.05, 0) is 43.0 Å². The highest BCUT2D eigenvalue weighted by molar-refractivity contribution is 7.21. The summed E-state index contributed by atoms with van der Waals surface area (Å²) in [6.07, 6.45) is 3.23. The number of nitrogens with one attached hydrogen (secondary N) is 1. The molecule has 0 saturated carbocycles. The molecular weight excluding hydrogens is 294 g/mol. The van der Waals surface area contributed by atoms with E-state index in [0.29, 0.717) is 10.6 Å². The Balaban J connectivity index is 1.73. The average Bonchev–Trinajstić information content (AvgIpc) is 3.11. The van der Waals surface area contributed by atoms with Crippen LogP contribution in [0, 0.1) is 0 Å². The molecular formula is C17H15N3OS. The lowest BCUT2D eigenvalue weighted by Crippen LogP contribution is -2.11.